The standard InChI is InChI=1S/C12H18N4O/c1-8(17)11(15-2)7-9-3-5-10(6-4-9)16-12(13)14/h3-6,11,15H,7H2,1-2H3,(H4,13,14,16)/p+1. The Morgan fingerprint density at radius 1 is 1.35 bits per heavy atom. The van der Waals surface area contributed by atoms with E-state index in [1.54, 1.807) is 14.0 Å². The van der Waals surface area contributed by atoms with Gasteiger partial charge in [0.1, 0.15) is 5.78 Å². The molecule has 0 aliphatic heterocycles. The first-order chi connectivity index (χ1) is 8.02. The highest BCUT2D eigenvalue weighted by Crippen LogP contribution is 2.07. The zero-order valence-electron chi connectivity index (χ0n) is 10.2. The van der Waals surface area contributed by atoms with Crippen LogP contribution in [0.2, 0.25) is 0 Å². The Bertz CT molecular complexity index is 407. The molecule has 5 heteroatoms. The molecule has 6 N–H and O–H groups in total. The summed E-state index contributed by atoms with van der Waals surface area (Å²) in [4.78, 5) is 14.1. The number of nitrogens with one attached hydrogen (secondary N) is 2. The molecular weight excluding hydrogens is 216 g/mol. The molecule has 0 aliphatic carbocycles. The van der Waals surface area contributed by atoms with Crippen molar-refractivity contribution < 1.29 is 9.79 Å². The second-order valence-corrected chi connectivity index (χ2v) is 3.93. The number of benzene rings is 1. The Morgan fingerprint density at radius 2 is 1.94 bits per heavy atom. The number of nitrogens with two attached hydrogens (primary N) is 2. The van der Waals surface area contributed by atoms with Crippen LogP contribution in [0.4, 0.5) is 5.69 Å². The molecule has 0 heterocycles. The minimum atomic E-state index is -0.139. The maximum atomic E-state index is 11.3. The lowest BCUT2D eigenvalue weighted by Gasteiger charge is -2.12. The molecule has 5 nitrogen and oxygen atoms in total. The van der Waals surface area contributed by atoms with Gasteiger partial charge in [0, 0.05) is 0 Å². The summed E-state index contributed by atoms with van der Waals surface area (Å²) in [6.07, 6.45) is 0.675. The van der Waals surface area contributed by atoms with Gasteiger partial charge in [-0.15, -0.1) is 0 Å². The number of hydrogen-bond acceptors (Lipinski definition) is 2. The summed E-state index contributed by atoms with van der Waals surface area (Å²) in [5.74, 6) is 0.295. The predicted molar refractivity (Wildman–Crippen MR) is 67.7 cm³/mol. The number of carbonyl (C=O) groups is 1. The van der Waals surface area contributed by atoms with Crippen molar-refractivity contribution in [3.05, 3.63) is 29.8 Å². The molecule has 1 aromatic carbocycles. The van der Waals surface area contributed by atoms with Gasteiger partial charge in [0.25, 0.3) is 0 Å². The molecule has 0 saturated heterocycles. The fourth-order valence-corrected chi connectivity index (χ4v) is 1.58. The molecule has 0 bridgehead atoms. The minimum absolute atomic E-state index is 0.134. The van der Waals surface area contributed by atoms with Gasteiger partial charge in [-0.05, 0) is 38.1 Å². The minimum Gasteiger partial charge on any atom is -0.310 e. The number of carbonyl (C=O) groups excluding carboxylic acids is 1. The molecule has 1 unspecified atom stereocenters. The fraction of sp³-hybridized carbons (Fsp3) is 0.333. The molecule has 0 aliphatic rings. The molecule has 0 fully saturated rings. The maximum Gasteiger partial charge on any atom is 0.343 e. The highest BCUT2D eigenvalue weighted by Gasteiger charge is 2.11. The highest BCUT2D eigenvalue weighted by atomic mass is 16.1. The van der Waals surface area contributed by atoms with E-state index in [1.165, 1.54) is 0 Å². The molecule has 1 atom stereocenters. The Morgan fingerprint density at radius 3 is 2.35 bits per heavy atom. The molecule has 0 saturated carbocycles. The van der Waals surface area contributed by atoms with Crippen molar-refractivity contribution in [2.45, 2.75) is 19.4 Å². The van der Waals surface area contributed by atoms with Crippen molar-refractivity contribution in [1.29, 1.82) is 0 Å². The average molecular weight is 235 g/mol. The Balaban J connectivity index is 2.74. The van der Waals surface area contributed by atoms with Crippen LogP contribution in [0.25, 0.3) is 0 Å². The van der Waals surface area contributed by atoms with Crippen LogP contribution in [-0.2, 0) is 11.2 Å². The van der Waals surface area contributed by atoms with Crippen molar-refractivity contribution in [3.63, 3.8) is 0 Å². The summed E-state index contributed by atoms with van der Waals surface area (Å²) in [6, 6.07) is 7.50. The van der Waals surface area contributed by atoms with Gasteiger partial charge in [0.2, 0.25) is 0 Å². The van der Waals surface area contributed by atoms with E-state index in [1.807, 2.05) is 24.3 Å². The molecule has 92 valence electrons. The third kappa shape index (κ3) is 4.24. The zero-order chi connectivity index (χ0) is 12.8. The monoisotopic (exact) mass is 235 g/mol. The van der Waals surface area contributed by atoms with E-state index in [9.17, 15) is 4.79 Å². The van der Waals surface area contributed by atoms with Gasteiger partial charge in [-0.3, -0.25) is 16.3 Å². The van der Waals surface area contributed by atoms with Crippen LogP contribution < -0.4 is 21.8 Å². The lowest BCUT2D eigenvalue weighted by atomic mass is 10.0. The van der Waals surface area contributed by atoms with Gasteiger partial charge in [-0.1, -0.05) is 12.1 Å². The number of hydrogen-bond donors (Lipinski definition) is 4. The molecule has 0 aromatic heterocycles. The van der Waals surface area contributed by atoms with E-state index in [-0.39, 0.29) is 17.8 Å². The first-order valence-corrected chi connectivity index (χ1v) is 5.44. The second-order valence-electron chi connectivity index (χ2n) is 3.93. The van der Waals surface area contributed by atoms with Gasteiger partial charge < -0.3 is 5.32 Å². The second kappa shape index (κ2) is 6.00. The summed E-state index contributed by atoms with van der Waals surface area (Å²) in [5.41, 5.74) is 12.6. The van der Waals surface area contributed by atoms with E-state index in [0.717, 1.165) is 11.3 Å². The van der Waals surface area contributed by atoms with Crippen molar-refractivity contribution in [1.82, 2.24) is 5.32 Å². The van der Waals surface area contributed by atoms with Gasteiger partial charge in [0.05, 0.1) is 11.7 Å². The fourth-order valence-electron chi connectivity index (χ4n) is 1.58. The van der Waals surface area contributed by atoms with E-state index >= 15 is 0 Å². The third-order valence-electron chi connectivity index (χ3n) is 2.52. The maximum absolute atomic E-state index is 11.3. The van der Waals surface area contributed by atoms with Crippen LogP contribution in [0.5, 0.6) is 0 Å². The van der Waals surface area contributed by atoms with Crippen molar-refractivity contribution >= 4 is 17.4 Å². The molecule has 0 radical (unpaired) electrons. The number of guanidine groups is 1. The van der Waals surface area contributed by atoms with Gasteiger partial charge >= 0.3 is 5.96 Å². The van der Waals surface area contributed by atoms with Crippen molar-refractivity contribution in [2.24, 2.45) is 11.5 Å². The van der Waals surface area contributed by atoms with E-state index in [4.69, 9.17) is 11.5 Å². The first kappa shape index (κ1) is 13.2. The quantitative estimate of drug-likeness (QED) is 0.365. The number of likely N-dealkylation sites (N-methyl/N-ethyl adjacent to an activating group) is 1. The van der Waals surface area contributed by atoms with Crippen molar-refractivity contribution in [3.8, 4) is 0 Å². The summed E-state index contributed by atoms with van der Waals surface area (Å²) in [5, 5.41) is 2.99. The summed E-state index contributed by atoms with van der Waals surface area (Å²) in [6.45, 7) is 1.58. The van der Waals surface area contributed by atoms with Crippen LogP contribution in [0.1, 0.15) is 12.5 Å². The Labute approximate surface area is 101 Å². The van der Waals surface area contributed by atoms with E-state index in [2.05, 4.69) is 10.3 Å². The topological polar surface area (TPSA) is 95.1 Å². The molecule has 0 amide bonds. The van der Waals surface area contributed by atoms with Crippen LogP contribution in [-0.4, -0.2) is 24.8 Å². The molecule has 17 heavy (non-hydrogen) atoms. The lowest BCUT2D eigenvalue weighted by molar-refractivity contribution is -0.356. The van der Waals surface area contributed by atoms with E-state index < -0.39 is 0 Å². The van der Waals surface area contributed by atoms with Crippen LogP contribution in [0.15, 0.2) is 24.3 Å². The summed E-state index contributed by atoms with van der Waals surface area (Å²) in [7, 11) is 1.78. The summed E-state index contributed by atoms with van der Waals surface area (Å²) >= 11 is 0. The molecule has 1 aromatic rings. The zero-order valence-corrected chi connectivity index (χ0v) is 10.2. The number of ketones is 1. The van der Waals surface area contributed by atoms with Crippen molar-refractivity contribution in [2.75, 3.05) is 7.05 Å². The first-order valence-electron chi connectivity index (χ1n) is 5.44. The SMILES string of the molecule is CNC(Cc1ccc([NH+]=C(N)N)cc1)C(C)=O. The Kier molecular flexibility index (Phi) is 4.66. The molecular formula is C12H19N4O+. The van der Waals surface area contributed by atoms with Gasteiger partial charge in [-0.2, -0.15) is 0 Å². The lowest BCUT2D eigenvalue weighted by Crippen LogP contribution is -2.72. The van der Waals surface area contributed by atoms with Crippen LogP contribution >= 0.6 is 0 Å². The summed E-state index contributed by atoms with van der Waals surface area (Å²) < 4.78 is 0. The largest absolute Gasteiger partial charge is 0.343 e. The highest BCUT2D eigenvalue weighted by molar-refractivity contribution is 5.81. The normalized spacial score (nSPS) is 11.9. The Hall–Kier alpha value is -1.88. The number of rotatable bonds is 5. The van der Waals surface area contributed by atoms with Gasteiger partial charge in [0.15, 0.2) is 0 Å². The number of Topliss-reactive ketones (excluding diaryl/α,β-unsaturated/α-hetero) is 1. The molecule has 0 spiro atoms. The smallest absolute Gasteiger partial charge is 0.310 e. The van der Waals surface area contributed by atoms with E-state index in [0.29, 0.717) is 6.42 Å². The predicted octanol–water partition coefficient (Wildman–Crippen LogP) is -1.61. The van der Waals surface area contributed by atoms with Gasteiger partial charge in [-0.25, -0.2) is 4.99 Å². The average Bonchev–Trinajstić information content (AvgIpc) is 2.26. The molecule has 1 rings (SSSR count). The van der Waals surface area contributed by atoms with Crippen LogP contribution in [0, 0.1) is 0 Å². The van der Waals surface area contributed by atoms with Crippen LogP contribution in [0.3, 0.4) is 0 Å². The third-order valence-corrected chi connectivity index (χ3v) is 2.52.